The summed E-state index contributed by atoms with van der Waals surface area (Å²) >= 11 is 0. The lowest BCUT2D eigenvalue weighted by Gasteiger charge is -2.14. The van der Waals surface area contributed by atoms with E-state index in [0.29, 0.717) is 5.56 Å². The Morgan fingerprint density at radius 2 is 1.61 bits per heavy atom. The summed E-state index contributed by atoms with van der Waals surface area (Å²) in [5, 5.41) is 2.99. The Kier molecular flexibility index (Phi) is 3.78. The molecular weight excluding hydrogens is 222 g/mol. The molecule has 92 valence electrons. The standard InChI is InChI=1S/C16H17NO/c1-12-8-10-15(11-9-12)16(18)17-13(2)14-6-4-3-5-7-14/h3-11,13H,1-2H3,(H,17,18)/t13-/m0/s1. The van der Waals surface area contributed by atoms with Crippen LogP contribution in [-0.2, 0) is 0 Å². The summed E-state index contributed by atoms with van der Waals surface area (Å²) in [4.78, 5) is 12.0. The van der Waals surface area contributed by atoms with E-state index in [4.69, 9.17) is 0 Å². The second kappa shape index (κ2) is 5.50. The highest BCUT2D eigenvalue weighted by atomic mass is 16.1. The van der Waals surface area contributed by atoms with Gasteiger partial charge in [0, 0.05) is 5.56 Å². The molecular formula is C16H17NO. The second-order valence-corrected chi connectivity index (χ2v) is 4.47. The Hall–Kier alpha value is -2.09. The van der Waals surface area contributed by atoms with Gasteiger partial charge in [-0.25, -0.2) is 0 Å². The van der Waals surface area contributed by atoms with Crippen molar-refractivity contribution in [2.24, 2.45) is 0 Å². The Labute approximate surface area is 108 Å². The van der Waals surface area contributed by atoms with E-state index in [1.165, 1.54) is 0 Å². The van der Waals surface area contributed by atoms with Gasteiger partial charge in [0.2, 0.25) is 0 Å². The van der Waals surface area contributed by atoms with Gasteiger partial charge in [0.05, 0.1) is 6.04 Å². The van der Waals surface area contributed by atoms with Crippen molar-refractivity contribution in [1.29, 1.82) is 0 Å². The maximum Gasteiger partial charge on any atom is 0.251 e. The van der Waals surface area contributed by atoms with Crippen molar-refractivity contribution in [3.63, 3.8) is 0 Å². The predicted molar refractivity (Wildman–Crippen MR) is 73.5 cm³/mol. The van der Waals surface area contributed by atoms with Gasteiger partial charge < -0.3 is 5.32 Å². The zero-order valence-electron chi connectivity index (χ0n) is 10.7. The SMILES string of the molecule is Cc1ccc(C(=O)N[C@@H](C)c2ccccc2)cc1. The van der Waals surface area contributed by atoms with E-state index in [1.807, 2.05) is 68.4 Å². The van der Waals surface area contributed by atoms with Gasteiger partial charge in [-0.15, -0.1) is 0 Å². The number of hydrogen-bond acceptors (Lipinski definition) is 1. The van der Waals surface area contributed by atoms with Crippen molar-refractivity contribution in [3.05, 3.63) is 71.3 Å². The minimum atomic E-state index is -0.0358. The molecule has 0 radical (unpaired) electrons. The number of carbonyl (C=O) groups is 1. The van der Waals surface area contributed by atoms with Crippen LogP contribution in [0.3, 0.4) is 0 Å². The van der Waals surface area contributed by atoms with E-state index in [9.17, 15) is 4.79 Å². The van der Waals surface area contributed by atoms with Gasteiger partial charge in [-0.3, -0.25) is 4.79 Å². The highest BCUT2D eigenvalue weighted by Crippen LogP contribution is 2.12. The zero-order chi connectivity index (χ0) is 13.0. The normalized spacial score (nSPS) is 11.9. The van der Waals surface area contributed by atoms with Crippen LogP contribution in [0, 0.1) is 6.92 Å². The minimum Gasteiger partial charge on any atom is -0.346 e. The predicted octanol–water partition coefficient (Wildman–Crippen LogP) is 3.49. The second-order valence-electron chi connectivity index (χ2n) is 4.47. The fourth-order valence-electron chi connectivity index (χ4n) is 1.81. The van der Waals surface area contributed by atoms with Crippen molar-refractivity contribution in [1.82, 2.24) is 5.32 Å². The Morgan fingerprint density at radius 3 is 2.22 bits per heavy atom. The molecule has 0 fully saturated rings. The van der Waals surface area contributed by atoms with Crippen LogP contribution >= 0.6 is 0 Å². The fraction of sp³-hybridized carbons (Fsp3) is 0.188. The van der Waals surface area contributed by atoms with Gasteiger partial charge in [0.25, 0.3) is 5.91 Å². The van der Waals surface area contributed by atoms with Gasteiger partial charge in [-0.05, 0) is 31.5 Å². The van der Waals surface area contributed by atoms with E-state index in [1.54, 1.807) is 0 Å². The van der Waals surface area contributed by atoms with Crippen molar-refractivity contribution in [2.75, 3.05) is 0 Å². The number of rotatable bonds is 3. The molecule has 0 aliphatic carbocycles. The topological polar surface area (TPSA) is 29.1 Å². The summed E-state index contributed by atoms with van der Waals surface area (Å²) in [5.41, 5.74) is 2.96. The summed E-state index contributed by atoms with van der Waals surface area (Å²) < 4.78 is 0. The maximum absolute atomic E-state index is 12.0. The molecule has 0 aromatic heterocycles. The molecule has 18 heavy (non-hydrogen) atoms. The first kappa shape index (κ1) is 12.4. The van der Waals surface area contributed by atoms with Gasteiger partial charge in [-0.1, -0.05) is 48.0 Å². The molecule has 2 aromatic rings. The van der Waals surface area contributed by atoms with Crippen molar-refractivity contribution in [3.8, 4) is 0 Å². The average Bonchev–Trinajstić information content (AvgIpc) is 2.40. The van der Waals surface area contributed by atoms with Gasteiger partial charge in [0.15, 0.2) is 0 Å². The summed E-state index contributed by atoms with van der Waals surface area (Å²) in [7, 11) is 0. The maximum atomic E-state index is 12.0. The van der Waals surface area contributed by atoms with E-state index in [0.717, 1.165) is 11.1 Å². The van der Waals surface area contributed by atoms with Crippen LogP contribution in [0.25, 0.3) is 0 Å². The first-order chi connectivity index (χ1) is 8.66. The van der Waals surface area contributed by atoms with Gasteiger partial charge >= 0.3 is 0 Å². The lowest BCUT2D eigenvalue weighted by molar-refractivity contribution is 0.0940. The molecule has 2 nitrogen and oxygen atoms in total. The van der Waals surface area contributed by atoms with Crippen LogP contribution in [0.4, 0.5) is 0 Å². The fourth-order valence-corrected chi connectivity index (χ4v) is 1.81. The molecule has 1 amide bonds. The van der Waals surface area contributed by atoms with E-state index in [-0.39, 0.29) is 11.9 Å². The lowest BCUT2D eigenvalue weighted by Crippen LogP contribution is -2.26. The molecule has 2 aromatic carbocycles. The van der Waals surface area contributed by atoms with E-state index < -0.39 is 0 Å². The van der Waals surface area contributed by atoms with Crippen LogP contribution in [-0.4, -0.2) is 5.91 Å². The number of benzene rings is 2. The highest BCUT2D eigenvalue weighted by Gasteiger charge is 2.10. The monoisotopic (exact) mass is 239 g/mol. The molecule has 2 heteroatoms. The van der Waals surface area contributed by atoms with Crippen molar-refractivity contribution in [2.45, 2.75) is 19.9 Å². The van der Waals surface area contributed by atoms with Gasteiger partial charge in [-0.2, -0.15) is 0 Å². The first-order valence-corrected chi connectivity index (χ1v) is 6.09. The third kappa shape index (κ3) is 2.98. The largest absolute Gasteiger partial charge is 0.346 e. The van der Waals surface area contributed by atoms with Crippen LogP contribution in [0.5, 0.6) is 0 Å². The number of carbonyl (C=O) groups excluding carboxylic acids is 1. The Morgan fingerprint density at radius 1 is 1.00 bits per heavy atom. The zero-order valence-corrected chi connectivity index (χ0v) is 10.7. The van der Waals surface area contributed by atoms with Crippen molar-refractivity contribution >= 4 is 5.91 Å². The highest BCUT2D eigenvalue weighted by molar-refractivity contribution is 5.94. The number of amides is 1. The molecule has 0 heterocycles. The Bertz CT molecular complexity index is 517. The number of hydrogen-bond donors (Lipinski definition) is 1. The molecule has 0 bridgehead atoms. The van der Waals surface area contributed by atoms with E-state index >= 15 is 0 Å². The minimum absolute atomic E-state index is 0.0139. The smallest absolute Gasteiger partial charge is 0.251 e. The molecule has 0 aliphatic rings. The number of aryl methyl sites for hydroxylation is 1. The van der Waals surface area contributed by atoms with Crippen LogP contribution < -0.4 is 5.32 Å². The molecule has 2 rings (SSSR count). The molecule has 1 atom stereocenters. The quantitative estimate of drug-likeness (QED) is 0.872. The summed E-state index contributed by atoms with van der Waals surface area (Å²) in [5.74, 6) is -0.0358. The molecule has 0 saturated carbocycles. The average molecular weight is 239 g/mol. The third-order valence-electron chi connectivity index (χ3n) is 2.96. The molecule has 0 saturated heterocycles. The lowest BCUT2D eigenvalue weighted by atomic mass is 10.1. The van der Waals surface area contributed by atoms with Crippen LogP contribution in [0.1, 0.15) is 34.5 Å². The first-order valence-electron chi connectivity index (χ1n) is 6.09. The summed E-state index contributed by atoms with van der Waals surface area (Å²) in [6.45, 7) is 4.00. The van der Waals surface area contributed by atoms with Crippen LogP contribution in [0.15, 0.2) is 54.6 Å². The van der Waals surface area contributed by atoms with Gasteiger partial charge in [0.1, 0.15) is 0 Å². The Balaban J connectivity index is 2.06. The summed E-state index contributed by atoms with van der Waals surface area (Å²) in [6.07, 6.45) is 0. The molecule has 0 unspecified atom stereocenters. The van der Waals surface area contributed by atoms with Crippen molar-refractivity contribution < 1.29 is 4.79 Å². The molecule has 0 spiro atoms. The molecule has 0 aliphatic heterocycles. The molecule has 1 N–H and O–H groups in total. The number of nitrogens with one attached hydrogen (secondary N) is 1. The van der Waals surface area contributed by atoms with E-state index in [2.05, 4.69) is 5.32 Å². The van der Waals surface area contributed by atoms with Crippen LogP contribution in [0.2, 0.25) is 0 Å². The third-order valence-corrected chi connectivity index (χ3v) is 2.96. The summed E-state index contributed by atoms with van der Waals surface area (Å²) in [6, 6.07) is 17.6.